The van der Waals surface area contributed by atoms with Crippen LogP contribution >= 0.6 is 0 Å². The molecule has 0 radical (unpaired) electrons. The average molecular weight is 391 g/mol. The Morgan fingerprint density at radius 3 is 2.46 bits per heavy atom. The lowest BCUT2D eigenvalue weighted by molar-refractivity contribution is -0.139. The lowest BCUT2D eigenvalue weighted by Crippen LogP contribution is -2.34. The molecule has 0 fully saturated rings. The van der Waals surface area contributed by atoms with E-state index in [1.165, 1.54) is 26.0 Å². The van der Waals surface area contributed by atoms with Gasteiger partial charge in [0.2, 0.25) is 0 Å². The molecule has 2 aromatic rings. The molecule has 1 atom stereocenters. The van der Waals surface area contributed by atoms with E-state index in [2.05, 4.69) is 10.1 Å². The Bertz CT molecular complexity index is 906. The van der Waals surface area contributed by atoms with Gasteiger partial charge in [-0.15, -0.1) is 0 Å². The fourth-order valence-corrected chi connectivity index (χ4v) is 3.24. The molecule has 6 nitrogen and oxygen atoms in total. The molecule has 1 unspecified atom stereocenters. The van der Waals surface area contributed by atoms with E-state index in [1.807, 2.05) is 0 Å². The Balaban J connectivity index is 1.84. The molecule has 2 aromatic carbocycles. The van der Waals surface area contributed by atoms with E-state index >= 15 is 0 Å². The van der Waals surface area contributed by atoms with Crippen molar-refractivity contribution >= 4 is 11.9 Å². The fraction of sp³-hybridized carbons (Fsp3) is 0.300. The number of benzene rings is 2. The molecule has 8 heteroatoms. The predicted octanol–water partition coefficient (Wildman–Crippen LogP) is 3.40. The first-order valence-electron chi connectivity index (χ1n) is 8.61. The number of carbonyl (C=O) groups is 2. The molecule has 1 aliphatic rings. The summed E-state index contributed by atoms with van der Waals surface area (Å²) in [6, 6.07) is 6.50. The van der Waals surface area contributed by atoms with Crippen LogP contribution in [0.3, 0.4) is 0 Å². The summed E-state index contributed by atoms with van der Waals surface area (Å²) in [6.45, 7) is 0.638. The van der Waals surface area contributed by atoms with Crippen molar-refractivity contribution in [3.8, 4) is 11.5 Å². The van der Waals surface area contributed by atoms with Crippen LogP contribution in [0.4, 0.5) is 8.78 Å². The number of carbonyl (C=O) groups excluding carboxylic acids is 1. The van der Waals surface area contributed by atoms with Crippen LogP contribution in [0.2, 0.25) is 0 Å². The number of carboxylic acids is 1. The molecule has 1 aliphatic heterocycles. The van der Waals surface area contributed by atoms with Crippen molar-refractivity contribution in [2.45, 2.75) is 32.9 Å². The summed E-state index contributed by atoms with van der Waals surface area (Å²) in [4.78, 5) is 24.3. The minimum atomic E-state index is -2.97. The molecule has 2 N–H and O–H groups in total. The second-order valence-electron chi connectivity index (χ2n) is 6.53. The number of ether oxygens (including phenoxy) is 2. The quantitative estimate of drug-likeness (QED) is 0.789. The predicted molar refractivity (Wildman–Crippen MR) is 96.0 cm³/mol. The third-order valence-corrected chi connectivity index (χ3v) is 4.50. The van der Waals surface area contributed by atoms with Gasteiger partial charge in [0.15, 0.2) is 6.04 Å². The average Bonchev–Trinajstić information content (AvgIpc) is 3.09. The Morgan fingerprint density at radius 2 is 1.86 bits per heavy atom. The van der Waals surface area contributed by atoms with Crippen molar-refractivity contribution in [2.75, 3.05) is 6.61 Å². The first-order valence-corrected chi connectivity index (χ1v) is 8.61. The van der Waals surface area contributed by atoms with Gasteiger partial charge in [0.25, 0.3) is 5.91 Å². The summed E-state index contributed by atoms with van der Waals surface area (Å²) in [5.74, 6) is -1.13. The van der Waals surface area contributed by atoms with Crippen molar-refractivity contribution < 1.29 is 33.0 Å². The number of halogens is 2. The van der Waals surface area contributed by atoms with Gasteiger partial charge >= 0.3 is 12.6 Å². The number of nitrogens with one attached hydrogen (secondary N) is 1. The van der Waals surface area contributed by atoms with Gasteiger partial charge < -0.3 is 19.9 Å². The number of hydrogen-bond acceptors (Lipinski definition) is 4. The summed E-state index contributed by atoms with van der Waals surface area (Å²) in [6.07, 6.45) is 0.674. The Hall–Kier alpha value is -3.16. The second-order valence-corrected chi connectivity index (χ2v) is 6.53. The van der Waals surface area contributed by atoms with Crippen LogP contribution in [0.5, 0.6) is 11.5 Å². The Morgan fingerprint density at radius 1 is 1.18 bits per heavy atom. The zero-order valence-electron chi connectivity index (χ0n) is 15.3. The number of aliphatic carboxylic acids is 1. The highest BCUT2D eigenvalue weighted by atomic mass is 19.3. The van der Waals surface area contributed by atoms with Gasteiger partial charge in [-0.2, -0.15) is 8.78 Å². The van der Waals surface area contributed by atoms with Gasteiger partial charge in [0, 0.05) is 12.0 Å². The molecule has 3 rings (SSSR count). The highest BCUT2D eigenvalue weighted by Gasteiger charge is 2.25. The SMILES string of the molecule is Cc1cc(C(=O)NC(C(=O)O)c2ccc3c(c2)CCO3)cc(C)c1OC(F)F. The Labute approximate surface area is 160 Å². The van der Waals surface area contributed by atoms with E-state index in [1.54, 1.807) is 18.2 Å². The molecule has 0 aromatic heterocycles. The van der Waals surface area contributed by atoms with Crippen molar-refractivity contribution in [3.63, 3.8) is 0 Å². The zero-order valence-corrected chi connectivity index (χ0v) is 15.3. The summed E-state index contributed by atoms with van der Waals surface area (Å²) in [7, 11) is 0. The van der Waals surface area contributed by atoms with Crippen LogP contribution in [-0.2, 0) is 11.2 Å². The normalized spacial score (nSPS) is 13.6. The van der Waals surface area contributed by atoms with E-state index in [0.29, 0.717) is 35.5 Å². The number of aryl methyl sites for hydroxylation is 2. The third-order valence-electron chi connectivity index (χ3n) is 4.50. The molecule has 1 amide bonds. The smallest absolute Gasteiger partial charge is 0.387 e. The molecule has 0 spiro atoms. The number of hydrogen-bond donors (Lipinski definition) is 2. The number of alkyl halides is 2. The van der Waals surface area contributed by atoms with Crippen LogP contribution in [-0.4, -0.2) is 30.2 Å². The van der Waals surface area contributed by atoms with Crippen molar-refractivity contribution in [2.24, 2.45) is 0 Å². The van der Waals surface area contributed by atoms with E-state index < -0.39 is 24.5 Å². The van der Waals surface area contributed by atoms with Crippen LogP contribution < -0.4 is 14.8 Å². The lowest BCUT2D eigenvalue weighted by atomic mass is 10.0. The summed E-state index contributed by atoms with van der Waals surface area (Å²) in [5.41, 5.74) is 2.18. The molecular formula is C20H19F2NO5. The third kappa shape index (κ3) is 4.05. The molecule has 0 aliphatic carbocycles. The van der Waals surface area contributed by atoms with E-state index in [-0.39, 0.29) is 11.3 Å². The van der Waals surface area contributed by atoms with E-state index in [9.17, 15) is 23.5 Å². The van der Waals surface area contributed by atoms with Crippen molar-refractivity contribution in [3.05, 3.63) is 58.1 Å². The number of carboxylic acid groups (broad SMARTS) is 1. The standard InChI is InChI=1S/C20H19F2NO5/c1-10-7-14(8-11(2)17(10)28-20(21)22)18(24)23-16(19(25)26)13-3-4-15-12(9-13)5-6-27-15/h3-4,7-9,16,20H,5-6H2,1-2H3,(H,23,24)(H,25,26). The molecule has 1 heterocycles. The number of amides is 1. The van der Waals surface area contributed by atoms with Crippen molar-refractivity contribution in [1.82, 2.24) is 5.32 Å². The maximum absolute atomic E-state index is 12.6. The molecule has 28 heavy (non-hydrogen) atoms. The highest BCUT2D eigenvalue weighted by Crippen LogP contribution is 2.29. The second kappa shape index (κ2) is 7.84. The van der Waals surface area contributed by atoms with E-state index in [0.717, 1.165) is 5.56 Å². The van der Waals surface area contributed by atoms with Crippen molar-refractivity contribution in [1.29, 1.82) is 0 Å². The van der Waals surface area contributed by atoms with Gasteiger partial charge in [0.1, 0.15) is 11.5 Å². The Kier molecular flexibility index (Phi) is 5.48. The summed E-state index contributed by atoms with van der Waals surface area (Å²) in [5, 5.41) is 12.1. The largest absolute Gasteiger partial charge is 0.493 e. The monoisotopic (exact) mass is 391 g/mol. The minimum Gasteiger partial charge on any atom is -0.493 e. The van der Waals surface area contributed by atoms with Crippen LogP contribution in [0.25, 0.3) is 0 Å². The first kappa shape index (κ1) is 19.6. The van der Waals surface area contributed by atoms with E-state index in [4.69, 9.17) is 4.74 Å². The van der Waals surface area contributed by atoms with Crippen LogP contribution in [0.1, 0.15) is 38.7 Å². The first-order chi connectivity index (χ1) is 13.3. The molecule has 0 saturated carbocycles. The van der Waals surface area contributed by atoms with Crippen LogP contribution in [0, 0.1) is 13.8 Å². The van der Waals surface area contributed by atoms with Gasteiger partial charge in [-0.3, -0.25) is 4.79 Å². The molecule has 148 valence electrons. The lowest BCUT2D eigenvalue weighted by Gasteiger charge is -2.17. The maximum atomic E-state index is 12.6. The summed E-state index contributed by atoms with van der Waals surface area (Å²) < 4.78 is 34.9. The molecule has 0 saturated heterocycles. The number of rotatable bonds is 6. The zero-order chi connectivity index (χ0) is 20.4. The molecular weight excluding hydrogens is 372 g/mol. The minimum absolute atomic E-state index is 0.0000400. The van der Waals surface area contributed by atoms with Gasteiger partial charge in [0.05, 0.1) is 6.61 Å². The fourth-order valence-electron chi connectivity index (χ4n) is 3.24. The highest BCUT2D eigenvalue weighted by molar-refractivity contribution is 5.97. The van der Waals surface area contributed by atoms with Gasteiger partial charge in [-0.25, -0.2) is 4.79 Å². The summed E-state index contributed by atoms with van der Waals surface area (Å²) >= 11 is 0. The maximum Gasteiger partial charge on any atom is 0.387 e. The van der Waals surface area contributed by atoms with Crippen LogP contribution in [0.15, 0.2) is 30.3 Å². The molecule has 0 bridgehead atoms. The van der Waals surface area contributed by atoms with Gasteiger partial charge in [-0.05, 0) is 60.4 Å². The van der Waals surface area contributed by atoms with Gasteiger partial charge in [-0.1, -0.05) is 6.07 Å². The topological polar surface area (TPSA) is 84.9 Å². The number of fused-ring (bicyclic) bond motifs is 1.